The van der Waals surface area contributed by atoms with Crippen LogP contribution in [0.25, 0.3) is 0 Å². The van der Waals surface area contributed by atoms with Crippen LogP contribution in [0.15, 0.2) is 24.4 Å². The molecule has 0 radical (unpaired) electrons. The smallest absolute Gasteiger partial charge is 0.255 e. The van der Waals surface area contributed by atoms with Gasteiger partial charge in [-0.2, -0.15) is 0 Å². The molecule has 20 heavy (non-hydrogen) atoms. The van der Waals surface area contributed by atoms with Crippen molar-refractivity contribution in [1.82, 2.24) is 9.88 Å². The van der Waals surface area contributed by atoms with E-state index in [9.17, 15) is 4.79 Å². The predicted octanol–water partition coefficient (Wildman–Crippen LogP) is 3.42. The summed E-state index contributed by atoms with van der Waals surface area (Å²) < 4.78 is 0. The van der Waals surface area contributed by atoms with Crippen LogP contribution >= 0.6 is 22.9 Å². The predicted molar refractivity (Wildman–Crippen MR) is 83.6 cm³/mol. The van der Waals surface area contributed by atoms with Crippen LogP contribution in [0.1, 0.15) is 20.2 Å². The summed E-state index contributed by atoms with van der Waals surface area (Å²) in [6.45, 7) is 2.59. The van der Waals surface area contributed by atoms with E-state index in [-0.39, 0.29) is 5.91 Å². The molecule has 1 aromatic carbocycles. The maximum atomic E-state index is 12.1. The second-order valence-corrected chi connectivity index (χ2v) is 6.34. The molecule has 2 rings (SSSR count). The minimum atomic E-state index is -0.0512. The zero-order valence-electron chi connectivity index (χ0n) is 11.6. The van der Waals surface area contributed by atoms with Crippen LogP contribution < -0.4 is 5.32 Å². The van der Waals surface area contributed by atoms with Gasteiger partial charge in [0.15, 0.2) is 0 Å². The van der Waals surface area contributed by atoms with Gasteiger partial charge in [-0.3, -0.25) is 4.79 Å². The Balaban J connectivity index is 2.21. The standard InChI is InChI=1S/C14H16ClN3OS/c1-9-16-7-11(20-9)8-17-13-6-10(15)4-5-12(13)14(19)18(2)3/h4-7,17H,8H2,1-3H3. The average molecular weight is 310 g/mol. The summed E-state index contributed by atoms with van der Waals surface area (Å²) in [7, 11) is 3.46. The minimum Gasteiger partial charge on any atom is -0.379 e. The zero-order chi connectivity index (χ0) is 14.7. The number of benzene rings is 1. The van der Waals surface area contributed by atoms with Crippen LogP contribution in [-0.4, -0.2) is 29.9 Å². The van der Waals surface area contributed by atoms with Gasteiger partial charge >= 0.3 is 0 Å². The number of aryl methyl sites for hydroxylation is 1. The first-order chi connectivity index (χ1) is 9.47. The number of amides is 1. The molecule has 0 saturated heterocycles. The average Bonchev–Trinajstić information content (AvgIpc) is 2.81. The molecular formula is C14H16ClN3OS. The highest BCUT2D eigenvalue weighted by molar-refractivity contribution is 7.11. The third-order valence-electron chi connectivity index (χ3n) is 2.74. The van der Waals surface area contributed by atoms with E-state index in [0.717, 1.165) is 15.6 Å². The summed E-state index contributed by atoms with van der Waals surface area (Å²) in [6, 6.07) is 5.23. The molecule has 0 fully saturated rings. The molecule has 2 aromatic rings. The Morgan fingerprint density at radius 1 is 1.45 bits per heavy atom. The van der Waals surface area contributed by atoms with Crippen LogP contribution in [0.3, 0.4) is 0 Å². The molecule has 0 bridgehead atoms. The van der Waals surface area contributed by atoms with Crippen LogP contribution in [-0.2, 0) is 6.54 Å². The largest absolute Gasteiger partial charge is 0.379 e. The van der Waals surface area contributed by atoms with Crippen molar-refractivity contribution < 1.29 is 4.79 Å². The number of hydrogen-bond donors (Lipinski definition) is 1. The van der Waals surface area contributed by atoms with Crippen molar-refractivity contribution in [2.45, 2.75) is 13.5 Å². The molecule has 0 unspecified atom stereocenters. The first-order valence-corrected chi connectivity index (χ1v) is 7.33. The van der Waals surface area contributed by atoms with E-state index < -0.39 is 0 Å². The van der Waals surface area contributed by atoms with Crippen molar-refractivity contribution in [1.29, 1.82) is 0 Å². The molecule has 1 amide bonds. The highest BCUT2D eigenvalue weighted by Crippen LogP contribution is 2.23. The molecule has 106 valence electrons. The van der Waals surface area contributed by atoms with Gasteiger partial charge in [0.2, 0.25) is 0 Å². The van der Waals surface area contributed by atoms with E-state index in [2.05, 4.69) is 10.3 Å². The number of aromatic nitrogens is 1. The summed E-state index contributed by atoms with van der Waals surface area (Å²) in [5, 5.41) is 4.88. The summed E-state index contributed by atoms with van der Waals surface area (Å²) in [5.41, 5.74) is 1.35. The van der Waals surface area contributed by atoms with Crippen molar-refractivity contribution in [3.05, 3.63) is 44.9 Å². The van der Waals surface area contributed by atoms with Gasteiger partial charge in [0.25, 0.3) is 5.91 Å². The summed E-state index contributed by atoms with van der Waals surface area (Å²) in [5.74, 6) is -0.0512. The first kappa shape index (κ1) is 14.8. The lowest BCUT2D eigenvalue weighted by Gasteiger charge is -2.15. The number of hydrogen-bond acceptors (Lipinski definition) is 4. The Hall–Kier alpha value is -1.59. The number of anilines is 1. The molecule has 1 heterocycles. The van der Waals surface area contributed by atoms with Gasteiger partial charge in [-0.1, -0.05) is 11.6 Å². The monoisotopic (exact) mass is 309 g/mol. The lowest BCUT2D eigenvalue weighted by Crippen LogP contribution is -2.22. The first-order valence-electron chi connectivity index (χ1n) is 6.14. The van der Waals surface area contributed by atoms with E-state index in [1.807, 2.05) is 13.1 Å². The fourth-order valence-electron chi connectivity index (χ4n) is 1.76. The maximum absolute atomic E-state index is 12.1. The van der Waals surface area contributed by atoms with Gasteiger partial charge in [-0.05, 0) is 25.1 Å². The number of halogens is 1. The van der Waals surface area contributed by atoms with Gasteiger partial charge in [0, 0.05) is 35.9 Å². The highest BCUT2D eigenvalue weighted by Gasteiger charge is 2.13. The molecule has 0 atom stereocenters. The fourth-order valence-corrected chi connectivity index (χ4v) is 2.67. The van der Waals surface area contributed by atoms with E-state index in [1.165, 1.54) is 0 Å². The molecule has 1 N–H and O–H groups in total. The molecule has 0 aliphatic heterocycles. The quantitative estimate of drug-likeness (QED) is 0.941. The van der Waals surface area contributed by atoms with Crippen molar-refractivity contribution in [3.63, 3.8) is 0 Å². The summed E-state index contributed by atoms with van der Waals surface area (Å²) >= 11 is 7.64. The van der Waals surface area contributed by atoms with Crippen LogP contribution in [0.4, 0.5) is 5.69 Å². The van der Waals surface area contributed by atoms with Gasteiger partial charge in [0.1, 0.15) is 0 Å². The number of nitrogens with one attached hydrogen (secondary N) is 1. The molecule has 0 spiro atoms. The Morgan fingerprint density at radius 3 is 2.80 bits per heavy atom. The van der Waals surface area contributed by atoms with Crippen LogP contribution in [0, 0.1) is 6.92 Å². The van der Waals surface area contributed by atoms with Crippen molar-refractivity contribution in [2.75, 3.05) is 19.4 Å². The molecule has 6 heteroatoms. The number of rotatable bonds is 4. The molecule has 0 aliphatic rings. The number of thiazole rings is 1. The van der Waals surface area contributed by atoms with Crippen molar-refractivity contribution in [2.24, 2.45) is 0 Å². The molecule has 0 aliphatic carbocycles. The van der Waals surface area contributed by atoms with Gasteiger partial charge in [-0.25, -0.2) is 4.98 Å². The third-order valence-corrected chi connectivity index (χ3v) is 3.89. The van der Waals surface area contributed by atoms with E-state index in [1.54, 1.807) is 48.5 Å². The van der Waals surface area contributed by atoms with Crippen LogP contribution in [0.5, 0.6) is 0 Å². The SMILES string of the molecule is Cc1ncc(CNc2cc(Cl)ccc2C(=O)N(C)C)s1. The molecular weight excluding hydrogens is 294 g/mol. The van der Waals surface area contributed by atoms with Gasteiger partial charge < -0.3 is 10.2 Å². The van der Waals surface area contributed by atoms with E-state index >= 15 is 0 Å². The fraction of sp³-hybridized carbons (Fsp3) is 0.286. The van der Waals surface area contributed by atoms with Crippen LogP contribution in [0.2, 0.25) is 5.02 Å². The zero-order valence-corrected chi connectivity index (χ0v) is 13.2. The van der Waals surface area contributed by atoms with E-state index in [0.29, 0.717) is 17.1 Å². The number of carbonyl (C=O) groups excluding carboxylic acids is 1. The topological polar surface area (TPSA) is 45.2 Å². The minimum absolute atomic E-state index is 0.0512. The summed E-state index contributed by atoms with van der Waals surface area (Å²) in [6.07, 6.45) is 1.84. The van der Waals surface area contributed by atoms with E-state index in [4.69, 9.17) is 11.6 Å². The third kappa shape index (κ3) is 3.49. The molecule has 0 saturated carbocycles. The Kier molecular flexibility index (Phi) is 4.62. The molecule has 1 aromatic heterocycles. The highest BCUT2D eigenvalue weighted by atomic mass is 35.5. The van der Waals surface area contributed by atoms with Crippen molar-refractivity contribution in [3.8, 4) is 0 Å². The number of nitrogens with zero attached hydrogens (tertiary/aromatic N) is 2. The number of carbonyl (C=O) groups is 1. The maximum Gasteiger partial charge on any atom is 0.255 e. The lowest BCUT2D eigenvalue weighted by molar-refractivity contribution is 0.0828. The molecule has 4 nitrogen and oxygen atoms in total. The second-order valence-electron chi connectivity index (χ2n) is 4.59. The van der Waals surface area contributed by atoms with Gasteiger partial charge in [-0.15, -0.1) is 11.3 Å². The van der Waals surface area contributed by atoms with Gasteiger partial charge in [0.05, 0.1) is 17.1 Å². The Morgan fingerprint density at radius 2 is 2.20 bits per heavy atom. The Labute approximate surface area is 127 Å². The lowest BCUT2D eigenvalue weighted by atomic mass is 10.1. The second kappa shape index (κ2) is 6.24. The summed E-state index contributed by atoms with van der Waals surface area (Å²) in [4.78, 5) is 19.0. The normalized spacial score (nSPS) is 10.4. The van der Waals surface area contributed by atoms with Crippen molar-refractivity contribution >= 4 is 34.5 Å². The Bertz CT molecular complexity index is 625.